The van der Waals surface area contributed by atoms with Crippen LogP contribution in [0.15, 0.2) is 61.1 Å². The number of rotatable bonds is 7. The van der Waals surface area contributed by atoms with E-state index in [-0.39, 0.29) is 19.1 Å². The third-order valence-electron chi connectivity index (χ3n) is 4.44. The second-order valence-corrected chi connectivity index (χ2v) is 6.26. The lowest BCUT2D eigenvalue weighted by Gasteiger charge is -2.22. The molecule has 0 saturated carbocycles. The molecule has 1 amide bonds. The molecule has 0 fully saturated rings. The number of methoxy groups -OCH3 is 1. The van der Waals surface area contributed by atoms with Crippen molar-refractivity contribution in [3.05, 3.63) is 72.3 Å². The van der Waals surface area contributed by atoms with Crippen LogP contribution in [-0.4, -0.2) is 45.7 Å². The molecule has 0 bridgehead atoms. The summed E-state index contributed by atoms with van der Waals surface area (Å²) in [5.41, 5.74) is 3.39. The van der Waals surface area contributed by atoms with Crippen LogP contribution in [0.1, 0.15) is 16.1 Å². The number of ether oxygens (including phenoxy) is 1. The Hall–Kier alpha value is -3.12. The van der Waals surface area contributed by atoms with Crippen LogP contribution in [0, 0.1) is 0 Å². The molecule has 0 aliphatic rings. The van der Waals surface area contributed by atoms with Crippen LogP contribution < -0.4 is 4.74 Å². The largest absolute Gasteiger partial charge is 0.497 e. The number of nitrogens with zero attached hydrogens (tertiary/aromatic N) is 3. The number of aromatic nitrogens is 2. The third-order valence-corrected chi connectivity index (χ3v) is 4.44. The smallest absolute Gasteiger partial charge is 0.254 e. The number of imidazole rings is 1. The molecule has 1 aromatic heterocycles. The quantitative estimate of drug-likeness (QED) is 0.699. The van der Waals surface area contributed by atoms with Crippen LogP contribution in [-0.2, 0) is 13.6 Å². The highest BCUT2D eigenvalue weighted by Crippen LogP contribution is 2.25. The molecule has 1 N–H and O–H groups in total. The summed E-state index contributed by atoms with van der Waals surface area (Å²) in [7, 11) is 3.51. The first kappa shape index (κ1) is 18.7. The van der Waals surface area contributed by atoms with E-state index in [0.29, 0.717) is 12.1 Å². The van der Waals surface area contributed by atoms with E-state index in [2.05, 4.69) is 4.98 Å². The molecule has 140 valence electrons. The van der Waals surface area contributed by atoms with Gasteiger partial charge < -0.3 is 19.3 Å². The second kappa shape index (κ2) is 8.51. The number of aliphatic hydroxyl groups is 1. The van der Waals surface area contributed by atoms with Gasteiger partial charge in [0.1, 0.15) is 5.75 Å². The topological polar surface area (TPSA) is 67.6 Å². The highest BCUT2D eigenvalue weighted by molar-refractivity contribution is 5.95. The van der Waals surface area contributed by atoms with Crippen molar-refractivity contribution in [1.29, 1.82) is 0 Å². The Morgan fingerprint density at radius 2 is 1.93 bits per heavy atom. The van der Waals surface area contributed by atoms with Crippen LogP contribution >= 0.6 is 0 Å². The van der Waals surface area contributed by atoms with Crippen LogP contribution in [0.5, 0.6) is 5.75 Å². The van der Waals surface area contributed by atoms with E-state index < -0.39 is 0 Å². The van der Waals surface area contributed by atoms with Crippen molar-refractivity contribution in [2.24, 2.45) is 7.05 Å². The number of hydrogen-bond donors (Lipinski definition) is 1. The average Bonchev–Trinajstić information content (AvgIpc) is 3.11. The van der Waals surface area contributed by atoms with Gasteiger partial charge in [0.05, 0.1) is 32.3 Å². The van der Waals surface area contributed by atoms with Gasteiger partial charge in [-0.15, -0.1) is 0 Å². The van der Waals surface area contributed by atoms with Crippen molar-refractivity contribution in [2.75, 3.05) is 20.3 Å². The first-order valence-electron chi connectivity index (χ1n) is 8.72. The lowest BCUT2D eigenvalue weighted by Crippen LogP contribution is -2.33. The number of aryl methyl sites for hydroxylation is 1. The lowest BCUT2D eigenvalue weighted by atomic mass is 10.0. The Morgan fingerprint density at radius 3 is 2.59 bits per heavy atom. The van der Waals surface area contributed by atoms with Gasteiger partial charge in [-0.1, -0.05) is 24.3 Å². The van der Waals surface area contributed by atoms with Crippen molar-refractivity contribution in [3.8, 4) is 16.9 Å². The summed E-state index contributed by atoms with van der Waals surface area (Å²) >= 11 is 0. The maximum atomic E-state index is 13.0. The van der Waals surface area contributed by atoms with E-state index in [0.717, 1.165) is 22.6 Å². The number of hydrogen-bond acceptors (Lipinski definition) is 4. The molecule has 27 heavy (non-hydrogen) atoms. The molecule has 3 rings (SSSR count). The van der Waals surface area contributed by atoms with E-state index in [1.54, 1.807) is 30.6 Å². The zero-order valence-corrected chi connectivity index (χ0v) is 15.5. The second-order valence-electron chi connectivity index (χ2n) is 6.26. The first-order chi connectivity index (χ1) is 13.1. The SMILES string of the molecule is COc1cccc(-c2cccc(C(=O)N(CCO)Cc3cncn3C)c2)c1. The predicted octanol–water partition coefficient (Wildman–Crippen LogP) is 2.73. The molecule has 0 radical (unpaired) electrons. The Bertz CT molecular complexity index is 920. The van der Waals surface area contributed by atoms with Gasteiger partial charge in [-0.2, -0.15) is 0 Å². The Kier molecular flexibility index (Phi) is 5.88. The molecule has 0 saturated heterocycles. The van der Waals surface area contributed by atoms with Gasteiger partial charge in [0.2, 0.25) is 0 Å². The van der Waals surface area contributed by atoms with Crippen molar-refractivity contribution in [3.63, 3.8) is 0 Å². The fraction of sp³-hybridized carbons (Fsp3) is 0.238. The number of carbonyl (C=O) groups is 1. The molecule has 1 heterocycles. The summed E-state index contributed by atoms with van der Waals surface area (Å²) in [6.07, 6.45) is 3.42. The molecule has 0 spiro atoms. The first-order valence-corrected chi connectivity index (χ1v) is 8.72. The van der Waals surface area contributed by atoms with Gasteiger partial charge in [0, 0.05) is 25.4 Å². The number of aliphatic hydroxyl groups excluding tert-OH is 1. The monoisotopic (exact) mass is 365 g/mol. The summed E-state index contributed by atoms with van der Waals surface area (Å²) in [4.78, 5) is 18.8. The molecule has 6 heteroatoms. The Balaban J connectivity index is 1.87. The standard InChI is InChI=1S/C21H23N3O3/c1-23-15-22-13-19(23)14-24(9-10-25)21(26)18-7-3-5-16(11-18)17-6-4-8-20(12-17)27-2/h3-8,11-13,15,25H,9-10,14H2,1-2H3. The zero-order chi connectivity index (χ0) is 19.2. The molecule has 0 aliphatic carbocycles. The number of benzene rings is 2. The summed E-state index contributed by atoms with van der Waals surface area (Å²) in [6, 6.07) is 15.2. The van der Waals surface area contributed by atoms with Gasteiger partial charge in [0.15, 0.2) is 0 Å². The van der Waals surface area contributed by atoms with E-state index >= 15 is 0 Å². The van der Waals surface area contributed by atoms with Crippen LogP contribution in [0.4, 0.5) is 0 Å². The molecule has 3 aromatic rings. The molecular weight excluding hydrogens is 342 g/mol. The Morgan fingerprint density at radius 1 is 1.19 bits per heavy atom. The fourth-order valence-corrected chi connectivity index (χ4v) is 2.92. The molecule has 2 aromatic carbocycles. The molecule has 6 nitrogen and oxygen atoms in total. The number of carbonyl (C=O) groups excluding carboxylic acids is 1. The summed E-state index contributed by atoms with van der Waals surface area (Å²) in [5.74, 6) is 0.636. The molecule has 0 atom stereocenters. The van der Waals surface area contributed by atoms with Crippen LogP contribution in [0.2, 0.25) is 0 Å². The zero-order valence-electron chi connectivity index (χ0n) is 15.5. The minimum atomic E-state index is -0.130. The van der Waals surface area contributed by atoms with Crippen molar-refractivity contribution < 1.29 is 14.6 Å². The third kappa shape index (κ3) is 4.35. The number of amides is 1. The van der Waals surface area contributed by atoms with Gasteiger partial charge in [-0.25, -0.2) is 4.98 Å². The van der Waals surface area contributed by atoms with Gasteiger partial charge in [-0.05, 0) is 35.4 Å². The van der Waals surface area contributed by atoms with Crippen LogP contribution in [0.25, 0.3) is 11.1 Å². The lowest BCUT2D eigenvalue weighted by molar-refractivity contribution is 0.0704. The average molecular weight is 365 g/mol. The summed E-state index contributed by atoms with van der Waals surface area (Å²) < 4.78 is 7.15. The minimum absolute atomic E-state index is 0.0980. The van der Waals surface area contributed by atoms with Crippen molar-refractivity contribution in [2.45, 2.75) is 6.54 Å². The van der Waals surface area contributed by atoms with Crippen molar-refractivity contribution in [1.82, 2.24) is 14.5 Å². The van der Waals surface area contributed by atoms with E-state index in [1.807, 2.05) is 54.1 Å². The summed E-state index contributed by atoms with van der Waals surface area (Å²) in [6.45, 7) is 0.547. The Labute approximate surface area is 158 Å². The predicted molar refractivity (Wildman–Crippen MR) is 103 cm³/mol. The van der Waals surface area contributed by atoms with Gasteiger partial charge >= 0.3 is 0 Å². The minimum Gasteiger partial charge on any atom is -0.497 e. The molecular formula is C21H23N3O3. The van der Waals surface area contributed by atoms with E-state index in [1.165, 1.54) is 0 Å². The normalized spacial score (nSPS) is 10.6. The van der Waals surface area contributed by atoms with Crippen LogP contribution in [0.3, 0.4) is 0 Å². The van der Waals surface area contributed by atoms with E-state index in [9.17, 15) is 9.90 Å². The highest BCUT2D eigenvalue weighted by Gasteiger charge is 2.17. The van der Waals surface area contributed by atoms with Gasteiger partial charge in [-0.3, -0.25) is 4.79 Å². The molecule has 0 aliphatic heterocycles. The maximum Gasteiger partial charge on any atom is 0.254 e. The van der Waals surface area contributed by atoms with Gasteiger partial charge in [0.25, 0.3) is 5.91 Å². The van der Waals surface area contributed by atoms with E-state index in [4.69, 9.17) is 4.74 Å². The fourth-order valence-electron chi connectivity index (χ4n) is 2.92. The van der Waals surface area contributed by atoms with Crippen molar-refractivity contribution >= 4 is 5.91 Å². The molecule has 0 unspecified atom stereocenters. The summed E-state index contributed by atoms with van der Waals surface area (Å²) in [5, 5.41) is 9.39. The highest BCUT2D eigenvalue weighted by atomic mass is 16.5. The maximum absolute atomic E-state index is 13.0.